The summed E-state index contributed by atoms with van der Waals surface area (Å²) in [5, 5.41) is 9.74. The second-order valence-electron chi connectivity index (χ2n) is 8.96. The number of rotatable bonds is 4. The van der Waals surface area contributed by atoms with Crippen LogP contribution >= 0.6 is 0 Å². The Morgan fingerprint density at radius 2 is 1.62 bits per heavy atom. The number of hydrogen-bond donors (Lipinski definition) is 1. The van der Waals surface area contributed by atoms with Gasteiger partial charge in [0, 0.05) is 10.9 Å². The Labute approximate surface area is 155 Å². The first-order chi connectivity index (χ1) is 11.6. The van der Waals surface area contributed by atoms with Gasteiger partial charge in [-0.25, -0.2) is 9.18 Å². The maximum absolute atomic E-state index is 13.9. The van der Waals surface area contributed by atoms with Crippen molar-refractivity contribution in [2.24, 2.45) is 5.41 Å². The number of benzene rings is 1. The Bertz CT molecular complexity index is 694. The van der Waals surface area contributed by atoms with Crippen LogP contribution in [0.2, 0.25) is 0 Å². The van der Waals surface area contributed by atoms with Gasteiger partial charge in [-0.05, 0) is 52.8 Å². The molecule has 1 aromatic rings. The van der Waals surface area contributed by atoms with E-state index in [9.17, 15) is 14.3 Å². The van der Waals surface area contributed by atoms with E-state index in [-0.39, 0.29) is 5.75 Å². The normalized spacial score (nSPS) is 21.3. The SMILES string of the molecule is CC1(C)OB(c2cc(F)ccc2O[C@](C)(C(=O)O)C(C)(C)C)OC1(C)C. The lowest BCUT2D eigenvalue weighted by atomic mass is 9.76. The molecule has 144 valence electrons. The van der Waals surface area contributed by atoms with Crippen molar-refractivity contribution in [3.05, 3.63) is 24.0 Å². The molecule has 1 heterocycles. The number of carbonyl (C=O) groups is 1. The molecule has 0 saturated carbocycles. The minimum absolute atomic E-state index is 0.227. The Morgan fingerprint density at radius 1 is 1.12 bits per heavy atom. The molecule has 0 aliphatic carbocycles. The summed E-state index contributed by atoms with van der Waals surface area (Å²) in [5.41, 5.74) is -3.12. The zero-order valence-electron chi connectivity index (χ0n) is 16.8. The molecule has 0 spiro atoms. The van der Waals surface area contributed by atoms with Crippen molar-refractivity contribution < 1.29 is 28.3 Å². The number of aliphatic carboxylic acids is 1. The number of carboxylic acid groups (broad SMARTS) is 1. The zero-order valence-corrected chi connectivity index (χ0v) is 16.8. The van der Waals surface area contributed by atoms with Crippen LogP contribution in [0.3, 0.4) is 0 Å². The molecule has 0 radical (unpaired) electrons. The number of ether oxygens (including phenoxy) is 1. The van der Waals surface area contributed by atoms with Crippen LogP contribution < -0.4 is 10.2 Å². The van der Waals surface area contributed by atoms with Gasteiger partial charge in [0.15, 0.2) is 0 Å². The lowest BCUT2D eigenvalue weighted by Crippen LogP contribution is -2.53. The molecular weight excluding hydrogens is 338 g/mol. The minimum atomic E-state index is -1.52. The first-order valence-electron chi connectivity index (χ1n) is 8.68. The summed E-state index contributed by atoms with van der Waals surface area (Å²) in [6, 6.07) is 3.92. The van der Waals surface area contributed by atoms with Gasteiger partial charge < -0.3 is 19.2 Å². The Morgan fingerprint density at radius 3 is 2.04 bits per heavy atom. The first kappa shape index (κ1) is 20.7. The molecule has 1 aromatic carbocycles. The lowest BCUT2D eigenvalue weighted by Gasteiger charge is -2.38. The van der Waals surface area contributed by atoms with Crippen molar-refractivity contribution in [2.75, 3.05) is 0 Å². The Kier molecular flexibility index (Phi) is 4.97. The smallest absolute Gasteiger partial charge is 0.478 e. The third-order valence-electron chi connectivity index (χ3n) is 5.63. The fourth-order valence-electron chi connectivity index (χ4n) is 2.50. The van der Waals surface area contributed by atoms with Crippen molar-refractivity contribution in [3.63, 3.8) is 0 Å². The van der Waals surface area contributed by atoms with E-state index in [0.717, 1.165) is 0 Å². The van der Waals surface area contributed by atoms with Crippen LogP contribution in [0.1, 0.15) is 55.4 Å². The molecule has 5 nitrogen and oxygen atoms in total. The highest BCUT2D eigenvalue weighted by molar-refractivity contribution is 6.63. The quantitative estimate of drug-likeness (QED) is 0.828. The summed E-state index contributed by atoms with van der Waals surface area (Å²) < 4.78 is 31.8. The largest absolute Gasteiger partial charge is 0.498 e. The number of carboxylic acids is 1. The highest BCUT2D eigenvalue weighted by atomic mass is 19.1. The van der Waals surface area contributed by atoms with Crippen LogP contribution in [0.5, 0.6) is 5.75 Å². The third-order valence-corrected chi connectivity index (χ3v) is 5.63. The van der Waals surface area contributed by atoms with E-state index >= 15 is 0 Å². The van der Waals surface area contributed by atoms with Crippen LogP contribution in [-0.4, -0.2) is 35.0 Å². The second kappa shape index (κ2) is 6.24. The van der Waals surface area contributed by atoms with E-state index in [4.69, 9.17) is 14.0 Å². The van der Waals surface area contributed by atoms with Gasteiger partial charge in [-0.3, -0.25) is 0 Å². The summed E-state index contributed by atoms with van der Waals surface area (Å²) in [5.74, 6) is -1.35. The van der Waals surface area contributed by atoms with Crippen LogP contribution in [-0.2, 0) is 14.1 Å². The van der Waals surface area contributed by atoms with Gasteiger partial charge in [-0.1, -0.05) is 20.8 Å². The molecule has 0 amide bonds. The molecule has 7 heteroatoms. The summed E-state index contributed by atoms with van der Waals surface area (Å²) in [4.78, 5) is 11.9. The van der Waals surface area contributed by atoms with Crippen molar-refractivity contribution >= 4 is 18.6 Å². The van der Waals surface area contributed by atoms with Gasteiger partial charge in [0.2, 0.25) is 5.60 Å². The van der Waals surface area contributed by atoms with E-state index < -0.39 is 41.1 Å². The predicted octanol–water partition coefficient (Wildman–Crippen LogP) is 3.39. The molecule has 0 unspecified atom stereocenters. The summed E-state index contributed by atoms with van der Waals surface area (Å²) >= 11 is 0. The average molecular weight is 366 g/mol. The highest BCUT2D eigenvalue weighted by Crippen LogP contribution is 2.39. The van der Waals surface area contributed by atoms with E-state index in [0.29, 0.717) is 5.46 Å². The van der Waals surface area contributed by atoms with Crippen molar-refractivity contribution in [3.8, 4) is 5.75 Å². The zero-order chi connectivity index (χ0) is 20.1. The predicted molar refractivity (Wildman–Crippen MR) is 98.2 cm³/mol. The van der Waals surface area contributed by atoms with Gasteiger partial charge in [-0.15, -0.1) is 0 Å². The van der Waals surface area contributed by atoms with E-state index in [1.54, 1.807) is 20.8 Å². The number of halogens is 1. The number of hydrogen-bond acceptors (Lipinski definition) is 4. The van der Waals surface area contributed by atoms with E-state index in [2.05, 4.69) is 0 Å². The Hall–Kier alpha value is -1.60. The molecule has 1 saturated heterocycles. The van der Waals surface area contributed by atoms with Gasteiger partial charge in [0.25, 0.3) is 0 Å². The van der Waals surface area contributed by atoms with Gasteiger partial charge in [0.1, 0.15) is 11.6 Å². The molecule has 2 rings (SSSR count). The minimum Gasteiger partial charge on any atom is -0.478 e. The monoisotopic (exact) mass is 366 g/mol. The average Bonchev–Trinajstić information content (AvgIpc) is 2.67. The van der Waals surface area contributed by atoms with Crippen LogP contribution in [0.4, 0.5) is 4.39 Å². The van der Waals surface area contributed by atoms with Crippen LogP contribution in [0, 0.1) is 11.2 Å². The molecule has 0 bridgehead atoms. The topological polar surface area (TPSA) is 65.0 Å². The van der Waals surface area contributed by atoms with Crippen molar-refractivity contribution in [1.29, 1.82) is 0 Å². The third kappa shape index (κ3) is 3.47. The Balaban J connectivity index is 2.49. The second-order valence-corrected chi connectivity index (χ2v) is 8.96. The molecule has 1 fully saturated rings. The fraction of sp³-hybridized carbons (Fsp3) is 0.632. The molecule has 1 aliphatic heterocycles. The van der Waals surface area contributed by atoms with Crippen LogP contribution in [0.25, 0.3) is 0 Å². The van der Waals surface area contributed by atoms with Gasteiger partial charge in [-0.2, -0.15) is 0 Å². The van der Waals surface area contributed by atoms with Gasteiger partial charge in [0.05, 0.1) is 11.2 Å². The standard InChI is InChI=1S/C19H28BFO5/c1-16(2,3)19(8,15(22)23)24-14-10-9-12(21)11-13(14)20-25-17(4,5)18(6,7)26-20/h9-11H,1-8H3,(H,22,23)/t19-/m1/s1. The summed E-state index contributed by atoms with van der Waals surface area (Å²) in [6.45, 7) is 14.4. The first-order valence-corrected chi connectivity index (χ1v) is 8.68. The summed E-state index contributed by atoms with van der Waals surface area (Å²) in [6.07, 6.45) is 0. The van der Waals surface area contributed by atoms with Crippen molar-refractivity contribution in [1.82, 2.24) is 0 Å². The van der Waals surface area contributed by atoms with E-state index in [1.807, 2.05) is 27.7 Å². The fourth-order valence-corrected chi connectivity index (χ4v) is 2.50. The molecule has 1 aliphatic rings. The van der Waals surface area contributed by atoms with Crippen molar-refractivity contribution in [2.45, 2.75) is 72.2 Å². The maximum Gasteiger partial charge on any atom is 0.498 e. The highest BCUT2D eigenvalue weighted by Gasteiger charge is 2.53. The van der Waals surface area contributed by atoms with Crippen LogP contribution in [0.15, 0.2) is 18.2 Å². The summed E-state index contributed by atoms with van der Waals surface area (Å²) in [7, 11) is -0.858. The molecule has 1 atom stereocenters. The maximum atomic E-state index is 13.9. The molecule has 0 aromatic heterocycles. The van der Waals surface area contributed by atoms with E-state index in [1.165, 1.54) is 25.1 Å². The van der Waals surface area contributed by atoms with Gasteiger partial charge >= 0.3 is 13.1 Å². The lowest BCUT2D eigenvalue weighted by molar-refractivity contribution is -0.163. The molecule has 26 heavy (non-hydrogen) atoms. The molecule has 1 N–H and O–H groups in total. The molecular formula is C19H28BFO5.